The standard InChI is InChI=1S/C8H10N2O/c11-8-7(5-9-10-8)6-3-1-2-4-6/h5-6H,1-4H2. The Bertz CT molecular complexity index is 236. The summed E-state index contributed by atoms with van der Waals surface area (Å²) in [7, 11) is 0. The highest BCUT2D eigenvalue weighted by molar-refractivity contribution is 5.95. The molecule has 1 aliphatic heterocycles. The van der Waals surface area contributed by atoms with E-state index in [4.69, 9.17) is 0 Å². The number of azo groups is 1. The lowest BCUT2D eigenvalue weighted by Gasteiger charge is -2.04. The van der Waals surface area contributed by atoms with Gasteiger partial charge in [0.15, 0.2) is 0 Å². The maximum absolute atomic E-state index is 11.0. The molecule has 0 radical (unpaired) electrons. The number of hydrogen-bond donors (Lipinski definition) is 0. The van der Waals surface area contributed by atoms with Crippen molar-refractivity contribution in [3.05, 3.63) is 11.8 Å². The number of carbonyl (C=O) groups is 1. The van der Waals surface area contributed by atoms with Crippen LogP contribution in [0.4, 0.5) is 0 Å². The predicted molar refractivity (Wildman–Crippen MR) is 39.9 cm³/mol. The van der Waals surface area contributed by atoms with Gasteiger partial charge in [-0.05, 0) is 18.8 Å². The average Bonchev–Trinajstić information content (AvgIpc) is 2.55. The fraction of sp³-hybridized carbons (Fsp3) is 0.625. The second kappa shape index (κ2) is 2.57. The summed E-state index contributed by atoms with van der Waals surface area (Å²) in [6.07, 6.45) is 6.40. The first-order chi connectivity index (χ1) is 5.38. The normalized spacial score (nSPS) is 24.7. The van der Waals surface area contributed by atoms with Crippen molar-refractivity contribution >= 4 is 5.91 Å². The fourth-order valence-corrected chi connectivity index (χ4v) is 1.77. The molecule has 1 saturated carbocycles. The van der Waals surface area contributed by atoms with Gasteiger partial charge >= 0.3 is 0 Å². The van der Waals surface area contributed by atoms with Gasteiger partial charge in [-0.15, -0.1) is 5.11 Å². The van der Waals surface area contributed by atoms with Crippen LogP contribution in [0.3, 0.4) is 0 Å². The Morgan fingerprint density at radius 1 is 1.36 bits per heavy atom. The maximum atomic E-state index is 11.0. The Kier molecular flexibility index (Phi) is 1.56. The molecular formula is C8H10N2O. The van der Waals surface area contributed by atoms with Crippen molar-refractivity contribution in [3.8, 4) is 0 Å². The second-order valence-electron chi connectivity index (χ2n) is 3.09. The van der Waals surface area contributed by atoms with Crippen molar-refractivity contribution < 1.29 is 4.79 Å². The van der Waals surface area contributed by atoms with E-state index >= 15 is 0 Å². The minimum atomic E-state index is -0.114. The van der Waals surface area contributed by atoms with Gasteiger partial charge in [0.05, 0.1) is 6.20 Å². The summed E-state index contributed by atoms with van der Waals surface area (Å²) in [6, 6.07) is 0. The molecule has 1 fully saturated rings. The van der Waals surface area contributed by atoms with E-state index < -0.39 is 0 Å². The van der Waals surface area contributed by atoms with Crippen LogP contribution >= 0.6 is 0 Å². The van der Waals surface area contributed by atoms with Gasteiger partial charge < -0.3 is 0 Å². The summed E-state index contributed by atoms with van der Waals surface area (Å²) in [6.45, 7) is 0. The summed E-state index contributed by atoms with van der Waals surface area (Å²) >= 11 is 0. The number of rotatable bonds is 1. The molecule has 2 rings (SSSR count). The molecule has 3 heteroatoms. The molecule has 0 spiro atoms. The fourth-order valence-electron chi connectivity index (χ4n) is 1.77. The van der Waals surface area contributed by atoms with Gasteiger partial charge in [0.2, 0.25) is 0 Å². The van der Waals surface area contributed by atoms with Crippen LogP contribution in [0.2, 0.25) is 0 Å². The molecule has 0 aromatic heterocycles. The van der Waals surface area contributed by atoms with Crippen molar-refractivity contribution in [2.45, 2.75) is 25.7 Å². The van der Waals surface area contributed by atoms with Gasteiger partial charge in [0, 0.05) is 5.57 Å². The summed E-state index contributed by atoms with van der Waals surface area (Å²) in [4.78, 5) is 11.0. The summed E-state index contributed by atoms with van der Waals surface area (Å²) in [5.41, 5.74) is 0.836. The molecule has 0 bridgehead atoms. The zero-order valence-electron chi connectivity index (χ0n) is 6.29. The van der Waals surface area contributed by atoms with Crippen LogP contribution in [0.25, 0.3) is 0 Å². The van der Waals surface area contributed by atoms with E-state index in [-0.39, 0.29) is 5.91 Å². The first kappa shape index (κ1) is 6.70. The van der Waals surface area contributed by atoms with Gasteiger partial charge in [-0.25, -0.2) is 0 Å². The molecule has 11 heavy (non-hydrogen) atoms. The van der Waals surface area contributed by atoms with Crippen molar-refractivity contribution in [2.75, 3.05) is 0 Å². The summed E-state index contributed by atoms with van der Waals surface area (Å²) in [5.74, 6) is 0.342. The van der Waals surface area contributed by atoms with E-state index in [0.29, 0.717) is 5.92 Å². The minimum Gasteiger partial charge on any atom is -0.265 e. The molecule has 1 amide bonds. The van der Waals surface area contributed by atoms with Gasteiger partial charge in [0.1, 0.15) is 0 Å². The lowest BCUT2D eigenvalue weighted by Crippen LogP contribution is -2.04. The lowest BCUT2D eigenvalue weighted by atomic mass is 9.98. The molecule has 0 saturated heterocycles. The van der Waals surface area contributed by atoms with Crippen molar-refractivity contribution in [3.63, 3.8) is 0 Å². The highest BCUT2D eigenvalue weighted by Gasteiger charge is 2.26. The third kappa shape index (κ3) is 1.11. The molecule has 58 valence electrons. The highest BCUT2D eigenvalue weighted by Crippen LogP contribution is 2.33. The maximum Gasteiger partial charge on any atom is 0.293 e. The third-order valence-corrected chi connectivity index (χ3v) is 2.39. The minimum absolute atomic E-state index is 0.114. The van der Waals surface area contributed by atoms with Crippen LogP contribution in [0.1, 0.15) is 25.7 Å². The van der Waals surface area contributed by atoms with Gasteiger partial charge in [-0.1, -0.05) is 12.8 Å². The van der Waals surface area contributed by atoms with Crippen molar-refractivity contribution in [1.29, 1.82) is 0 Å². The Morgan fingerprint density at radius 3 is 2.64 bits per heavy atom. The molecular weight excluding hydrogens is 140 g/mol. The molecule has 0 unspecified atom stereocenters. The lowest BCUT2D eigenvalue weighted by molar-refractivity contribution is -0.114. The van der Waals surface area contributed by atoms with Crippen LogP contribution in [-0.2, 0) is 4.79 Å². The molecule has 0 aromatic carbocycles. The van der Waals surface area contributed by atoms with Crippen LogP contribution in [0, 0.1) is 5.92 Å². The van der Waals surface area contributed by atoms with Gasteiger partial charge in [0.25, 0.3) is 5.91 Å². The molecule has 0 N–H and O–H groups in total. The zero-order chi connectivity index (χ0) is 7.68. The van der Waals surface area contributed by atoms with E-state index in [1.165, 1.54) is 12.8 Å². The smallest absolute Gasteiger partial charge is 0.265 e. The van der Waals surface area contributed by atoms with Crippen LogP contribution in [-0.4, -0.2) is 5.91 Å². The average molecular weight is 150 g/mol. The molecule has 1 heterocycles. The van der Waals surface area contributed by atoms with E-state index in [0.717, 1.165) is 18.4 Å². The highest BCUT2D eigenvalue weighted by atomic mass is 16.2. The van der Waals surface area contributed by atoms with Gasteiger partial charge in [-0.2, -0.15) is 5.11 Å². The van der Waals surface area contributed by atoms with Crippen molar-refractivity contribution in [1.82, 2.24) is 0 Å². The Hall–Kier alpha value is -0.990. The molecule has 0 atom stereocenters. The Morgan fingerprint density at radius 2 is 2.09 bits per heavy atom. The van der Waals surface area contributed by atoms with E-state index in [1.807, 2.05) is 0 Å². The Balaban J connectivity index is 2.11. The van der Waals surface area contributed by atoms with Crippen LogP contribution in [0.5, 0.6) is 0 Å². The predicted octanol–water partition coefficient (Wildman–Crippen LogP) is 2.05. The topological polar surface area (TPSA) is 41.8 Å². The monoisotopic (exact) mass is 150 g/mol. The molecule has 2 aliphatic rings. The number of hydrogen-bond acceptors (Lipinski definition) is 2. The Labute approximate surface area is 65.2 Å². The quantitative estimate of drug-likeness (QED) is 0.564. The largest absolute Gasteiger partial charge is 0.293 e. The van der Waals surface area contributed by atoms with Crippen molar-refractivity contribution in [2.24, 2.45) is 16.1 Å². The SMILES string of the molecule is O=C1N=NC=C1C1CCCC1. The van der Waals surface area contributed by atoms with Crippen LogP contribution in [0.15, 0.2) is 22.0 Å². The number of carbonyl (C=O) groups excluding carboxylic acids is 1. The molecule has 3 nitrogen and oxygen atoms in total. The zero-order valence-corrected chi connectivity index (χ0v) is 6.29. The van der Waals surface area contributed by atoms with E-state index in [2.05, 4.69) is 10.2 Å². The van der Waals surface area contributed by atoms with Crippen LogP contribution < -0.4 is 0 Å². The second-order valence-corrected chi connectivity index (χ2v) is 3.09. The third-order valence-electron chi connectivity index (χ3n) is 2.39. The first-order valence-electron chi connectivity index (χ1n) is 4.03. The molecule has 1 aliphatic carbocycles. The summed E-state index contributed by atoms with van der Waals surface area (Å²) in [5, 5.41) is 7.06. The van der Waals surface area contributed by atoms with E-state index in [9.17, 15) is 4.79 Å². The summed E-state index contributed by atoms with van der Waals surface area (Å²) < 4.78 is 0. The number of amides is 1. The molecule has 0 aromatic rings. The van der Waals surface area contributed by atoms with E-state index in [1.54, 1.807) is 6.20 Å². The number of nitrogens with zero attached hydrogens (tertiary/aromatic N) is 2. The van der Waals surface area contributed by atoms with Gasteiger partial charge in [-0.3, -0.25) is 4.79 Å². The first-order valence-corrected chi connectivity index (χ1v) is 4.03.